The monoisotopic (exact) mass is 432 g/mol. The van der Waals surface area contributed by atoms with Crippen LogP contribution >= 0.6 is 0 Å². The van der Waals surface area contributed by atoms with E-state index in [0.29, 0.717) is 19.1 Å². The average molecular weight is 433 g/mol. The minimum absolute atomic E-state index is 0.0334. The number of amides is 1. The molecule has 4 heterocycles. The number of ether oxygens (including phenoxy) is 2. The summed E-state index contributed by atoms with van der Waals surface area (Å²) < 4.78 is 13.4. The van der Waals surface area contributed by atoms with Crippen LogP contribution in [0.25, 0.3) is 11.0 Å². The van der Waals surface area contributed by atoms with Crippen LogP contribution in [0, 0.1) is 0 Å². The van der Waals surface area contributed by atoms with Gasteiger partial charge < -0.3 is 14.4 Å². The molecule has 7 nitrogen and oxygen atoms in total. The van der Waals surface area contributed by atoms with Gasteiger partial charge in [-0.3, -0.25) is 4.79 Å². The van der Waals surface area contributed by atoms with Gasteiger partial charge in [-0.1, -0.05) is 6.07 Å². The molecule has 0 unspecified atom stereocenters. The minimum atomic E-state index is 0.0334. The van der Waals surface area contributed by atoms with Crippen molar-refractivity contribution in [2.45, 2.75) is 57.5 Å². The van der Waals surface area contributed by atoms with Crippen molar-refractivity contribution in [3.63, 3.8) is 0 Å². The highest BCUT2D eigenvalue weighted by molar-refractivity contribution is 6.05. The van der Waals surface area contributed by atoms with Crippen molar-refractivity contribution in [3.05, 3.63) is 47.3 Å². The van der Waals surface area contributed by atoms with E-state index in [0.717, 1.165) is 71.6 Å². The van der Waals surface area contributed by atoms with Crippen molar-refractivity contribution < 1.29 is 14.3 Å². The summed E-state index contributed by atoms with van der Waals surface area (Å²) >= 11 is 0. The highest BCUT2D eigenvalue weighted by atomic mass is 16.6. The maximum atomic E-state index is 13.9. The third-order valence-electron chi connectivity index (χ3n) is 6.77. The maximum absolute atomic E-state index is 13.9. The molecule has 1 saturated heterocycles. The van der Waals surface area contributed by atoms with Gasteiger partial charge in [0.15, 0.2) is 17.1 Å². The molecule has 2 fully saturated rings. The Morgan fingerprint density at radius 2 is 1.91 bits per heavy atom. The van der Waals surface area contributed by atoms with Crippen molar-refractivity contribution in [2.24, 2.45) is 0 Å². The molecule has 1 amide bonds. The van der Waals surface area contributed by atoms with E-state index in [1.165, 1.54) is 0 Å². The first-order valence-corrected chi connectivity index (χ1v) is 11.7. The molecule has 1 aliphatic carbocycles. The Morgan fingerprint density at radius 1 is 1.09 bits per heavy atom. The maximum Gasteiger partial charge on any atom is 0.255 e. The van der Waals surface area contributed by atoms with Gasteiger partial charge in [-0.15, -0.1) is 0 Å². The van der Waals surface area contributed by atoms with Gasteiger partial charge in [0.2, 0.25) is 0 Å². The molecule has 6 rings (SSSR count). The molecule has 3 aromatic rings. The SMILES string of the molecule is CC(C)n1ncc2c(C(=O)N3CCC[C@H]3c3ccc4c(c3)OCCO4)cc(C3CC3)nc21. The number of rotatable bonds is 4. The topological polar surface area (TPSA) is 69.5 Å². The Morgan fingerprint density at radius 3 is 2.69 bits per heavy atom. The van der Waals surface area contributed by atoms with Crippen LogP contribution < -0.4 is 9.47 Å². The molecular formula is C25H28N4O3. The summed E-state index contributed by atoms with van der Waals surface area (Å²) in [5.74, 6) is 2.09. The molecular weight excluding hydrogens is 404 g/mol. The Kier molecular flexibility index (Phi) is 4.59. The van der Waals surface area contributed by atoms with Gasteiger partial charge in [0.25, 0.3) is 5.91 Å². The molecule has 1 aromatic carbocycles. The summed E-state index contributed by atoms with van der Waals surface area (Å²) in [5, 5.41) is 5.41. The van der Waals surface area contributed by atoms with Gasteiger partial charge in [-0.05, 0) is 63.3 Å². The number of nitrogens with zero attached hydrogens (tertiary/aromatic N) is 4. The van der Waals surface area contributed by atoms with Gasteiger partial charge in [0, 0.05) is 24.2 Å². The first-order valence-electron chi connectivity index (χ1n) is 11.7. The Labute approximate surface area is 187 Å². The van der Waals surface area contributed by atoms with E-state index in [2.05, 4.69) is 25.0 Å². The van der Waals surface area contributed by atoms with Crippen LogP contribution in [0.2, 0.25) is 0 Å². The van der Waals surface area contributed by atoms with Crippen molar-refractivity contribution >= 4 is 16.9 Å². The summed E-state index contributed by atoms with van der Waals surface area (Å²) in [6, 6.07) is 8.32. The second kappa shape index (κ2) is 7.50. The van der Waals surface area contributed by atoms with Gasteiger partial charge in [0.1, 0.15) is 13.2 Å². The van der Waals surface area contributed by atoms with E-state index < -0.39 is 0 Å². The van der Waals surface area contributed by atoms with Crippen LogP contribution in [0.5, 0.6) is 11.5 Å². The molecule has 0 spiro atoms. The lowest BCUT2D eigenvalue weighted by atomic mass is 10.0. The first kappa shape index (κ1) is 19.6. The predicted octanol–water partition coefficient (Wildman–Crippen LogP) is 4.64. The van der Waals surface area contributed by atoms with Gasteiger partial charge in [-0.25, -0.2) is 9.67 Å². The number of carbonyl (C=O) groups excluding carboxylic acids is 1. The van der Waals surface area contributed by atoms with E-state index in [4.69, 9.17) is 14.5 Å². The molecule has 2 aromatic heterocycles. The largest absolute Gasteiger partial charge is 0.486 e. The highest BCUT2D eigenvalue weighted by Crippen LogP contribution is 2.42. The van der Waals surface area contributed by atoms with Gasteiger partial charge in [0.05, 0.1) is 23.2 Å². The number of pyridine rings is 1. The third-order valence-corrected chi connectivity index (χ3v) is 6.77. The first-order chi connectivity index (χ1) is 15.6. The molecule has 0 bridgehead atoms. The van der Waals surface area contributed by atoms with Crippen molar-refractivity contribution in [1.29, 1.82) is 0 Å². The zero-order chi connectivity index (χ0) is 21.8. The molecule has 3 aliphatic rings. The molecule has 7 heteroatoms. The molecule has 1 saturated carbocycles. The van der Waals surface area contributed by atoms with Crippen LogP contribution in [-0.2, 0) is 0 Å². The van der Waals surface area contributed by atoms with Crippen molar-refractivity contribution in [2.75, 3.05) is 19.8 Å². The van der Waals surface area contributed by atoms with E-state index in [1.54, 1.807) is 6.20 Å². The summed E-state index contributed by atoms with van der Waals surface area (Å²) in [4.78, 5) is 20.8. The number of hydrogen-bond acceptors (Lipinski definition) is 5. The fourth-order valence-corrected chi connectivity index (χ4v) is 4.96. The van der Waals surface area contributed by atoms with E-state index in [9.17, 15) is 4.79 Å². The summed E-state index contributed by atoms with van der Waals surface area (Å²) in [5.41, 5.74) is 3.68. The lowest BCUT2D eigenvalue weighted by Gasteiger charge is -2.27. The normalized spacial score (nSPS) is 20.3. The second-order valence-electron chi connectivity index (χ2n) is 9.35. The standard InChI is InChI=1S/C25H28N4O3/c1-15(2)29-24-19(14-26-29)18(13-20(27-24)16-5-6-16)25(30)28-9-3-4-21(28)17-7-8-22-23(12-17)32-11-10-31-22/h7-8,12-16,21H,3-6,9-11H2,1-2H3/t21-/m0/s1. The van der Waals surface area contributed by atoms with Crippen LogP contribution in [0.15, 0.2) is 30.5 Å². The fourth-order valence-electron chi connectivity index (χ4n) is 4.96. The summed E-state index contributed by atoms with van der Waals surface area (Å²) in [6.07, 6.45) is 6.03. The van der Waals surface area contributed by atoms with Crippen molar-refractivity contribution in [3.8, 4) is 11.5 Å². The number of likely N-dealkylation sites (tertiary alicyclic amines) is 1. The average Bonchev–Trinajstić information content (AvgIpc) is 3.38. The van der Waals surface area contributed by atoms with E-state index in [1.807, 2.05) is 27.8 Å². The zero-order valence-corrected chi connectivity index (χ0v) is 18.6. The van der Waals surface area contributed by atoms with Crippen LogP contribution in [0.1, 0.15) is 79.1 Å². The molecule has 0 radical (unpaired) electrons. The van der Waals surface area contributed by atoms with Crippen LogP contribution in [0.4, 0.5) is 0 Å². The molecule has 1 atom stereocenters. The number of hydrogen-bond donors (Lipinski definition) is 0. The second-order valence-corrected chi connectivity index (χ2v) is 9.35. The Balaban J connectivity index is 1.39. The smallest absolute Gasteiger partial charge is 0.255 e. The fraction of sp³-hybridized carbons (Fsp3) is 0.480. The molecule has 2 aliphatic heterocycles. The number of benzene rings is 1. The van der Waals surface area contributed by atoms with Crippen LogP contribution in [0.3, 0.4) is 0 Å². The number of fused-ring (bicyclic) bond motifs is 2. The van der Waals surface area contributed by atoms with E-state index >= 15 is 0 Å². The van der Waals surface area contributed by atoms with E-state index in [-0.39, 0.29) is 18.0 Å². The number of carbonyl (C=O) groups is 1. The van der Waals surface area contributed by atoms with Gasteiger partial charge >= 0.3 is 0 Å². The molecule has 0 N–H and O–H groups in total. The zero-order valence-electron chi connectivity index (χ0n) is 18.6. The minimum Gasteiger partial charge on any atom is -0.486 e. The number of aromatic nitrogens is 3. The van der Waals surface area contributed by atoms with Crippen molar-refractivity contribution in [1.82, 2.24) is 19.7 Å². The van der Waals surface area contributed by atoms with Crippen LogP contribution in [-0.4, -0.2) is 45.3 Å². The molecule has 166 valence electrons. The Hall–Kier alpha value is -3.09. The Bertz CT molecular complexity index is 1200. The quantitative estimate of drug-likeness (QED) is 0.601. The summed E-state index contributed by atoms with van der Waals surface area (Å²) in [7, 11) is 0. The van der Waals surface area contributed by atoms with Gasteiger partial charge in [-0.2, -0.15) is 5.10 Å². The lowest BCUT2D eigenvalue weighted by Crippen LogP contribution is -2.31. The third kappa shape index (κ3) is 3.22. The highest BCUT2D eigenvalue weighted by Gasteiger charge is 2.34. The molecule has 32 heavy (non-hydrogen) atoms. The summed E-state index contributed by atoms with van der Waals surface area (Å²) in [6.45, 7) is 6.07. The lowest BCUT2D eigenvalue weighted by molar-refractivity contribution is 0.0737. The predicted molar refractivity (Wildman–Crippen MR) is 120 cm³/mol.